The van der Waals surface area contributed by atoms with Crippen LogP contribution in [0.3, 0.4) is 0 Å². The van der Waals surface area contributed by atoms with E-state index < -0.39 is 0 Å². The number of para-hydroxylation sites is 1. The Balaban J connectivity index is 2.28. The molecule has 0 fully saturated rings. The van der Waals surface area contributed by atoms with Crippen molar-refractivity contribution in [3.8, 4) is 0 Å². The highest BCUT2D eigenvalue weighted by Crippen LogP contribution is 2.29. The Hall–Kier alpha value is -1.10. The van der Waals surface area contributed by atoms with Gasteiger partial charge in [-0.25, -0.2) is 4.39 Å². The van der Waals surface area contributed by atoms with Crippen LogP contribution in [0.15, 0.2) is 46.9 Å². The van der Waals surface area contributed by atoms with Crippen molar-refractivity contribution in [3.63, 3.8) is 0 Å². The molecule has 0 bridgehead atoms. The van der Waals surface area contributed by atoms with Crippen LogP contribution >= 0.6 is 27.5 Å². The minimum absolute atomic E-state index is 0.130. The smallest absolute Gasteiger partial charge is 0.124 e. The largest absolute Gasteiger partial charge is 0.394 e. The van der Waals surface area contributed by atoms with Crippen LogP contribution < -0.4 is 5.32 Å². The van der Waals surface area contributed by atoms with Crippen molar-refractivity contribution >= 4 is 33.2 Å². The van der Waals surface area contributed by atoms with Gasteiger partial charge in [-0.2, -0.15) is 0 Å². The lowest BCUT2D eigenvalue weighted by Crippen LogP contribution is -2.15. The van der Waals surface area contributed by atoms with Crippen LogP contribution in [0.25, 0.3) is 0 Å². The molecule has 0 saturated carbocycles. The molecule has 2 N–H and O–H groups in total. The number of nitrogens with one attached hydrogen (secondary N) is 1. The van der Waals surface area contributed by atoms with Gasteiger partial charge in [-0.1, -0.05) is 45.7 Å². The van der Waals surface area contributed by atoms with Crippen LogP contribution in [0.1, 0.15) is 11.6 Å². The summed E-state index contributed by atoms with van der Waals surface area (Å²) in [5, 5.41) is 13.2. The van der Waals surface area contributed by atoms with E-state index >= 15 is 0 Å². The first-order valence-corrected chi connectivity index (χ1v) is 6.86. The van der Waals surface area contributed by atoms with Gasteiger partial charge in [0.25, 0.3) is 0 Å². The molecule has 2 rings (SSSR count). The Kier molecular flexibility index (Phi) is 4.80. The summed E-state index contributed by atoms with van der Waals surface area (Å²) in [6.45, 7) is -0.130. The van der Waals surface area contributed by atoms with Crippen LogP contribution in [0, 0.1) is 5.82 Å². The van der Waals surface area contributed by atoms with Crippen molar-refractivity contribution in [1.29, 1.82) is 0 Å². The third-order valence-electron chi connectivity index (χ3n) is 2.72. The number of hydrogen-bond donors (Lipinski definition) is 2. The molecule has 0 aliphatic heterocycles. The lowest BCUT2D eigenvalue weighted by atomic mass is 10.1. The van der Waals surface area contributed by atoms with E-state index in [1.165, 1.54) is 12.1 Å². The summed E-state index contributed by atoms with van der Waals surface area (Å²) in [6, 6.07) is 11.3. The highest BCUT2D eigenvalue weighted by atomic mass is 79.9. The molecule has 2 aromatic rings. The molecule has 1 unspecified atom stereocenters. The van der Waals surface area contributed by atoms with Gasteiger partial charge in [0, 0.05) is 4.47 Å². The average molecular weight is 345 g/mol. The molecule has 0 heterocycles. The highest BCUT2D eigenvalue weighted by molar-refractivity contribution is 9.10. The summed E-state index contributed by atoms with van der Waals surface area (Å²) in [6.07, 6.45) is 0. The Morgan fingerprint density at radius 2 is 2.00 bits per heavy atom. The van der Waals surface area contributed by atoms with Crippen LogP contribution in [-0.4, -0.2) is 11.7 Å². The summed E-state index contributed by atoms with van der Waals surface area (Å²) < 4.78 is 13.7. The first kappa shape index (κ1) is 14.3. The summed E-state index contributed by atoms with van der Waals surface area (Å²) in [7, 11) is 0. The van der Waals surface area contributed by atoms with Crippen LogP contribution in [0.5, 0.6) is 0 Å². The fourth-order valence-electron chi connectivity index (χ4n) is 1.77. The van der Waals surface area contributed by atoms with E-state index in [4.69, 9.17) is 11.6 Å². The predicted molar refractivity (Wildman–Crippen MR) is 79.0 cm³/mol. The Morgan fingerprint density at radius 1 is 1.26 bits per heavy atom. The number of benzene rings is 2. The number of anilines is 1. The Labute approximate surface area is 124 Å². The van der Waals surface area contributed by atoms with E-state index in [2.05, 4.69) is 21.2 Å². The summed E-state index contributed by atoms with van der Waals surface area (Å²) in [5.74, 6) is -0.329. The number of aliphatic hydroxyl groups is 1. The number of halogens is 3. The van der Waals surface area contributed by atoms with Gasteiger partial charge >= 0.3 is 0 Å². The van der Waals surface area contributed by atoms with E-state index in [0.29, 0.717) is 9.50 Å². The highest BCUT2D eigenvalue weighted by Gasteiger charge is 2.15. The second-order valence-corrected chi connectivity index (χ2v) is 5.29. The zero-order valence-electron chi connectivity index (χ0n) is 9.91. The second-order valence-electron chi connectivity index (χ2n) is 4.03. The van der Waals surface area contributed by atoms with Crippen molar-refractivity contribution in [2.75, 3.05) is 11.9 Å². The number of aliphatic hydroxyl groups excluding tert-OH is 1. The maximum absolute atomic E-state index is 13.1. The molecule has 0 aromatic heterocycles. The zero-order chi connectivity index (χ0) is 13.8. The third-order valence-corrected chi connectivity index (χ3v) is 3.74. The quantitative estimate of drug-likeness (QED) is 0.862. The normalized spacial score (nSPS) is 12.2. The summed E-state index contributed by atoms with van der Waals surface area (Å²) in [4.78, 5) is 0. The molecule has 0 aliphatic carbocycles. The molecule has 2 aromatic carbocycles. The molecule has 0 amide bonds. The predicted octanol–water partition coefficient (Wildman–Crippen LogP) is 4.39. The molecule has 0 saturated heterocycles. The lowest BCUT2D eigenvalue weighted by Gasteiger charge is -2.20. The summed E-state index contributed by atoms with van der Waals surface area (Å²) in [5.41, 5.74) is 1.49. The molecule has 5 heteroatoms. The van der Waals surface area contributed by atoms with Gasteiger partial charge in [0.2, 0.25) is 0 Å². The van der Waals surface area contributed by atoms with Gasteiger partial charge in [0.05, 0.1) is 23.4 Å². The van der Waals surface area contributed by atoms with E-state index in [0.717, 1.165) is 11.3 Å². The molecule has 0 spiro atoms. The number of rotatable bonds is 4. The maximum Gasteiger partial charge on any atom is 0.124 e. The second kappa shape index (κ2) is 6.37. The van der Waals surface area contributed by atoms with Gasteiger partial charge in [-0.3, -0.25) is 0 Å². The van der Waals surface area contributed by atoms with E-state index in [-0.39, 0.29) is 18.5 Å². The first-order chi connectivity index (χ1) is 9.11. The van der Waals surface area contributed by atoms with Crippen molar-refractivity contribution < 1.29 is 9.50 Å². The van der Waals surface area contributed by atoms with Gasteiger partial charge in [0.15, 0.2) is 0 Å². The Bertz CT molecular complexity index is 579. The van der Waals surface area contributed by atoms with E-state index in [9.17, 15) is 9.50 Å². The monoisotopic (exact) mass is 343 g/mol. The molecule has 0 aliphatic rings. The van der Waals surface area contributed by atoms with Crippen molar-refractivity contribution in [1.82, 2.24) is 0 Å². The van der Waals surface area contributed by atoms with E-state index in [1.807, 2.05) is 18.2 Å². The van der Waals surface area contributed by atoms with Crippen molar-refractivity contribution in [2.24, 2.45) is 0 Å². The van der Waals surface area contributed by atoms with Crippen LogP contribution in [-0.2, 0) is 0 Å². The minimum atomic E-state index is -0.366. The minimum Gasteiger partial charge on any atom is -0.394 e. The standard InChI is InChI=1S/C14H12BrClFNO/c15-11-7-9(17)5-6-10(11)14(8-19)18-13-4-2-1-3-12(13)16/h1-7,14,18-19H,8H2. The van der Waals surface area contributed by atoms with Gasteiger partial charge in [-0.15, -0.1) is 0 Å². The fourth-order valence-corrected chi connectivity index (χ4v) is 2.59. The fraction of sp³-hybridized carbons (Fsp3) is 0.143. The van der Waals surface area contributed by atoms with E-state index in [1.54, 1.807) is 12.1 Å². The van der Waals surface area contributed by atoms with Crippen molar-refractivity contribution in [2.45, 2.75) is 6.04 Å². The van der Waals surface area contributed by atoms with Gasteiger partial charge < -0.3 is 10.4 Å². The maximum atomic E-state index is 13.1. The van der Waals surface area contributed by atoms with Gasteiger partial charge in [-0.05, 0) is 29.8 Å². The lowest BCUT2D eigenvalue weighted by molar-refractivity contribution is 0.276. The molecular weight excluding hydrogens is 333 g/mol. The third kappa shape index (κ3) is 3.47. The van der Waals surface area contributed by atoms with Crippen LogP contribution in [0.2, 0.25) is 5.02 Å². The SMILES string of the molecule is OCC(Nc1ccccc1Cl)c1ccc(F)cc1Br. The molecule has 2 nitrogen and oxygen atoms in total. The zero-order valence-corrected chi connectivity index (χ0v) is 12.2. The first-order valence-electron chi connectivity index (χ1n) is 5.68. The average Bonchev–Trinajstić information content (AvgIpc) is 2.39. The summed E-state index contributed by atoms with van der Waals surface area (Å²) >= 11 is 9.36. The molecule has 19 heavy (non-hydrogen) atoms. The molecule has 0 radical (unpaired) electrons. The van der Waals surface area contributed by atoms with Crippen LogP contribution in [0.4, 0.5) is 10.1 Å². The molecule has 1 atom stereocenters. The molecule has 100 valence electrons. The topological polar surface area (TPSA) is 32.3 Å². The molecular formula is C14H12BrClFNO. The van der Waals surface area contributed by atoms with Gasteiger partial charge in [0.1, 0.15) is 5.82 Å². The van der Waals surface area contributed by atoms with Crippen molar-refractivity contribution in [3.05, 3.63) is 63.3 Å². The number of hydrogen-bond acceptors (Lipinski definition) is 2. The Morgan fingerprint density at radius 3 is 2.63 bits per heavy atom.